The Balaban J connectivity index is 1.69. The van der Waals surface area contributed by atoms with Crippen molar-refractivity contribution in [1.29, 1.82) is 0 Å². The summed E-state index contributed by atoms with van der Waals surface area (Å²) in [7, 11) is 0. The van der Waals surface area contributed by atoms with E-state index in [1.54, 1.807) is 24.4 Å². The summed E-state index contributed by atoms with van der Waals surface area (Å²) in [5.74, 6) is -0.0598. The summed E-state index contributed by atoms with van der Waals surface area (Å²) in [6, 6.07) is 5.16. The fourth-order valence-electron chi connectivity index (χ4n) is 2.84. The number of aromatic nitrogens is 2. The summed E-state index contributed by atoms with van der Waals surface area (Å²) in [6.45, 7) is 1.38. The number of piperidine rings is 1. The Hall–Kier alpha value is -2.19. The molecule has 2 amide bonds. The minimum absolute atomic E-state index is 0.126. The van der Waals surface area contributed by atoms with E-state index in [-0.39, 0.29) is 28.4 Å². The van der Waals surface area contributed by atoms with Crippen LogP contribution < -0.4 is 16.0 Å². The van der Waals surface area contributed by atoms with Crippen molar-refractivity contribution in [3.63, 3.8) is 0 Å². The molecule has 3 rings (SSSR count). The summed E-state index contributed by atoms with van der Waals surface area (Å²) < 4.78 is 0.662. The second kappa shape index (κ2) is 8.01. The maximum Gasteiger partial charge on any atom is 0.258 e. The lowest BCUT2D eigenvalue weighted by atomic mass is 9.97. The molecule has 2 aromatic rings. The molecule has 1 saturated heterocycles. The van der Waals surface area contributed by atoms with Crippen molar-refractivity contribution in [2.45, 2.75) is 12.8 Å². The van der Waals surface area contributed by atoms with Crippen molar-refractivity contribution in [1.82, 2.24) is 9.97 Å². The van der Waals surface area contributed by atoms with Crippen molar-refractivity contribution in [2.24, 2.45) is 11.7 Å². The summed E-state index contributed by atoms with van der Waals surface area (Å²) in [4.78, 5) is 34.1. The molecule has 136 valence electrons. The van der Waals surface area contributed by atoms with Gasteiger partial charge in [0.15, 0.2) is 0 Å². The molecule has 1 aliphatic heterocycles. The summed E-state index contributed by atoms with van der Waals surface area (Å²) in [5, 5.41) is 2.87. The zero-order valence-corrected chi connectivity index (χ0v) is 16.1. The second-order valence-electron chi connectivity index (χ2n) is 6.04. The molecule has 0 radical (unpaired) electrons. The first-order valence-corrected chi connectivity index (χ1v) is 9.24. The number of rotatable bonds is 4. The highest BCUT2D eigenvalue weighted by Gasteiger charge is 2.24. The highest BCUT2D eigenvalue weighted by molar-refractivity contribution is 9.10. The Morgan fingerprint density at radius 1 is 1.31 bits per heavy atom. The number of carbonyl (C=O) groups is 2. The molecule has 1 aliphatic rings. The van der Waals surface area contributed by atoms with Crippen molar-refractivity contribution < 1.29 is 9.59 Å². The molecule has 7 nitrogen and oxygen atoms in total. The Morgan fingerprint density at radius 2 is 2.12 bits per heavy atom. The van der Waals surface area contributed by atoms with Crippen LogP contribution in [0, 0.1) is 5.92 Å². The fraction of sp³-hybridized carbons (Fsp3) is 0.294. The molecular weight excluding hydrogens is 422 g/mol. The Bertz CT molecular complexity index is 830. The molecule has 2 aromatic heterocycles. The topological polar surface area (TPSA) is 101 Å². The molecule has 3 heterocycles. The van der Waals surface area contributed by atoms with E-state index in [1.807, 2.05) is 4.90 Å². The third-order valence-electron chi connectivity index (χ3n) is 4.20. The van der Waals surface area contributed by atoms with Crippen molar-refractivity contribution >= 4 is 50.9 Å². The van der Waals surface area contributed by atoms with Gasteiger partial charge in [0.25, 0.3) is 5.91 Å². The number of pyridine rings is 2. The number of primary amides is 1. The van der Waals surface area contributed by atoms with Gasteiger partial charge in [0.05, 0.1) is 23.4 Å². The first-order valence-electron chi connectivity index (χ1n) is 8.07. The molecule has 1 fully saturated rings. The lowest BCUT2D eigenvalue weighted by Gasteiger charge is -2.32. The predicted molar refractivity (Wildman–Crippen MR) is 103 cm³/mol. The lowest BCUT2D eigenvalue weighted by molar-refractivity contribution is -0.122. The van der Waals surface area contributed by atoms with Crippen LogP contribution in [-0.2, 0) is 4.79 Å². The SMILES string of the molecule is NC(=O)C1CCCN(c2ccc(NC(=O)c3cc(Br)cnc3Cl)cn2)C1. The van der Waals surface area contributed by atoms with Crippen LogP contribution in [0.3, 0.4) is 0 Å². The van der Waals surface area contributed by atoms with Crippen LogP contribution in [0.1, 0.15) is 23.2 Å². The molecule has 0 spiro atoms. The van der Waals surface area contributed by atoms with Crippen molar-refractivity contribution in [3.05, 3.63) is 45.8 Å². The normalized spacial score (nSPS) is 17.0. The van der Waals surface area contributed by atoms with E-state index in [0.29, 0.717) is 16.7 Å². The van der Waals surface area contributed by atoms with E-state index in [1.165, 1.54) is 6.20 Å². The molecule has 0 saturated carbocycles. The summed E-state index contributed by atoms with van der Waals surface area (Å²) >= 11 is 9.24. The molecule has 0 bridgehead atoms. The second-order valence-corrected chi connectivity index (χ2v) is 7.31. The fourth-order valence-corrected chi connectivity index (χ4v) is 3.37. The monoisotopic (exact) mass is 437 g/mol. The average Bonchev–Trinajstić information content (AvgIpc) is 2.64. The van der Waals surface area contributed by atoms with Gasteiger partial charge >= 0.3 is 0 Å². The number of nitrogens with two attached hydrogens (primary N) is 1. The van der Waals surface area contributed by atoms with E-state index in [9.17, 15) is 9.59 Å². The summed E-state index contributed by atoms with van der Waals surface area (Å²) in [5.41, 5.74) is 6.22. The molecule has 0 aromatic carbocycles. The predicted octanol–water partition coefficient (Wildman–Crippen LogP) is 2.85. The van der Waals surface area contributed by atoms with Gasteiger partial charge in [0.2, 0.25) is 5.91 Å². The third-order valence-corrected chi connectivity index (χ3v) is 4.94. The molecular formula is C17H17BrClN5O2. The van der Waals surface area contributed by atoms with Crippen LogP contribution in [0.5, 0.6) is 0 Å². The van der Waals surface area contributed by atoms with Gasteiger partial charge in [-0.05, 0) is 47.0 Å². The number of amides is 2. The minimum atomic E-state index is -0.370. The number of hydrogen-bond acceptors (Lipinski definition) is 5. The first kappa shape index (κ1) is 18.6. The number of hydrogen-bond donors (Lipinski definition) is 2. The average molecular weight is 439 g/mol. The van der Waals surface area contributed by atoms with E-state index in [4.69, 9.17) is 17.3 Å². The molecule has 1 atom stereocenters. The Labute approximate surface area is 164 Å². The molecule has 3 N–H and O–H groups in total. The van der Waals surface area contributed by atoms with Crippen molar-refractivity contribution in [2.75, 3.05) is 23.3 Å². The highest BCUT2D eigenvalue weighted by Crippen LogP contribution is 2.23. The maximum atomic E-state index is 12.3. The largest absolute Gasteiger partial charge is 0.369 e. The number of carbonyl (C=O) groups excluding carboxylic acids is 2. The number of nitrogens with zero attached hydrogens (tertiary/aromatic N) is 3. The summed E-state index contributed by atoms with van der Waals surface area (Å²) in [6.07, 6.45) is 4.79. The quantitative estimate of drug-likeness (QED) is 0.715. The Kier molecular flexibility index (Phi) is 5.73. The first-order chi connectivity index (χ1) is 12.4. The van der Waals surface area contributed by atoms with Gasteiger partial charge in [0.1, 0.15) is 11.0 Å². The van der Waals surface area contributed by atoms with Gasteiger partial charge in [-0.2, -0.15) is 0 Å². The Morgan fingerprint density at radius 3 is 2.81 bits per heavy atom. The van der Waals surface area contributed by atoms with Crippen LogP contribution in [0.4, 0.5) is 11.5 Å². The zero-order valence-electron chi connectivity index (χ0n) is 13.8. The van der Waals surface area contributed by atoms with E-state index in [0.717, 1.165) is 25.2 Å². The van der Waals surface area contributed by atoms with Gasteiger partial charge in [-0.3, -0.25) is 9.59 Å². The van der Waals surface area contributed by atoms with Crippen LogP contribution >= 0.6 is 27.5 Å². The smallest absolute Gasteiger partial charge is 0.258 e. The van der Waals surface area contributed by atoms with E-state index < -0.39 is 0 Å². The van der Waals surface area contributed by atoms with Gasteiger partial charge in [0, 0.05) is 23.8 Å². The van der Waals surface area contributed by atoms with Gasteiger partial charge < -0.3 is 16.0 Å². The van der Waals surface area contributed by atoms with Crippen LogP contribution in [0.15, 0.2) is 35.1 Å². The lowest BCUT2D eigenvalue weighted by Crippen LogP contribution is -2.41. The molecule has 26 heavy (non-hydrogen) atoms. The number of nitrogens with one attached hydrogen (secondary N) is 1. The van der Waals surface area contributed by atoms with E-state index in [2.05, 4.69) is 31.2 Å². The van der Waals surface area contributed by atoms with Gasteiger partial charge in [-0.1, -0.05) is 11.6 Å². The highest BCUT2D eigenvalue weighted by atomic mass is 79.9. The van der Waals surface area contributed by atoms with Crippen LogP contribution in [-0.4, -0.2) is 34.9 Å². The molecule has 1 unspecified atom stereocenters. The van der Waals surface area contributed by atoms with Crippen LogP contribution in [0.25, 0.3) is 0 Å². The number of halogens is 2. The number of anilines is 2. The van der Waals surface area contributed by atoms with Crippen LogP contribution in [0.2, 0.25) is 5.15 Å². The van der Waals surface area contributed by atoms with E-state index >= 15 is 0 Å². The standard InChI is InChI=1S/C17H17BrClN5O2/c18-11-6-13(15(19)22-7-11)17(26)23-12-3-4-14(21-8-12)24-5-1-2-10(9-24)16(20)25/h3-4,6-8,10H,1-2,5,9H2,(H2,20,25)(H,23,26). The zero-order chi connectivity index (χ0) is 18.7. The molecule has 9 heteroatoms. The third kappa shape index (κ3) is 4.31. The van der Waals surface area contributed by atoms with Gasteiger partial charge in [-0.25, -0.2) is 9.97 Å². The maximum absolute atomic E-state index is 12.3. The molecule has 0 aliphatic carbocycles. The van der Waals surface area contributed by atoms with Gasteiger partial charge in [-0.15, -0.1) is 0 Å². The van der Waals surface area contributed by atoms with Crippen molar-refractivity contribution in [3.8, 4) is 0 Å². The minimum Gasteiger partial charge on any atom is -0.369 e.